The van der Waals surface area contributed by atoms with Crippen LogP contribution in [-0.2, 0) is 7.05 Å². The Morgan fingerprint density at radius 1 is 1.07 bits per heavy atom. The highest BCUT2D eigenvalue weighted by molar-refractivity contribution is 8.01. The third-order valence-electron chi connectivity index (χ3n) is 4.17. The van der Waals surface area contributed by atoms with Gasteiger partial charge in [-0.1, -0.05) is 48.4 Å². The van der Waals surface area contributed by atoms with Crippen molar-refractivity contribution >= 4 is 46.3 Å². The lowest BCUT2D eigenvalue weighted by molar-refractivity contribution is 0.768. The summed E-state index contributed by atoms with van der Waals surface area (Å²) in [4.78, 5) is 4.89. The summed E-state index contributed by atoms with van der Waals surface area (Å²) in [6.45, 7) is 6.33. The van der Waals surface area contributed by atoms with Gasteiger partial charge >= 0.3 is 0 Å². The molecular formula is C20H19Cl2N5S2. The van der Waals surface area contributed by atoms with E-state index in [1.165, 1.54) is 0 Å². The largest absolute Gasteiger partial charge is 0.275 e. The van der Waals surface area contributed by atoms with Crippen LogP contribution in [0, 0.1) is 6.92 Å². The van der Waals surface area contributed by atoms with E-state index < -0.39 is 0 Å². The summed E-state index contributed by atoms with van der Waals surface area (Å²) in [6, 6.07) is 5.51. The predicted molar refractivity (Wildman–Crippen MR) is 123 cm³/mol. The van der Waals surface area contributed by atoms with Crippen molar-refractivity contribution < 1.29 is 0 Å². The lowest BCUT2D eigenvalue weighted by Crippen LogP contribution is -1.93. The SMILES string of the molecule is Cc1nn(-c2nc(-c3cnn(C)c3)c(SC(C)C)s2)cc1-c1cc(Cl)cc(Cl)c1. The summed E-state index contributed by atoms with van der Waals surface area (Å²) >= 11 is 15.8. The molecule has 4 rings (SSSR count). The number of aromatic nitrogens is 5. The van der Waals surface area contributed by atoms with Crippen molar-refractivity contribution in [2.24, 2.45) is 7.05 Å². The number of rotatable bonds is 5. The number of nitrogens with zero attached hydrogens (tertiary/aromatic N) is 5. The minimum absolute atomic E-state index is 0.447. The first-order valence-electron chi connectivity index (χ1n) is 9.00. The second kappa shape index (κ2) is 8.14. The van der Waals surface area contributed by atoms with Crippen LogP contribution >= 0.6 is 46.3 Å². The number of aryl methyl sites for hydroxylation is 2. The molecular weight excluding hydrogens is 445 g/mol. The Labute approximate surface area is 187 Å². The Hall–Kier alpha value is -1.80. The van der Waals surface area contributed by atoms with Crippen LogP contribution in [0.15, 0.2) is 41.0 Å². The molecule has 0 aliphatic rings. The number of hydrogen-bond donors (Lipinski definition) is 0. The molecule has 3 heterocycles. The molecule has 0 bridgehead atoms. The highest BCUT2D eigenvalue weighted by Gasteiger charge is 2.19. The van der Waals surface area contributed by atoms with Crippen molar-refractivity contribution in [1.29, 1.82) is 0 Å². The van der Waals surface area contributed by atoms with Crippen LogP contribution in [0.1, 0.15) is 19.5 Å². The van der Waals surface area contributed by atoms with Gasteiger partial charge in [-0.2, -0.15) is 10.2 Å². The molecule has 9 heteroatoms. The van der Waals surface area contributed by atoms with Crippen molar-refractivity contribution in [3.05, 3.63) is 52.5 Å². The van der Waals surface area contributed by atoms with Crippen molar-refractivity contribution in [2.75, 3.05) is 0 Å². The Morgan fingerprint density at radius 3 is 2.41 bits per heavy atom. The number of benzene rings is 1. The smallest absolute Gasteiger partial charge is 0.211 e. The van der Waals surface area contributed by atoms with Gasteiger partial charge in [-0.25, -0.2) is 9.67 Å². The fraction of sp³-hybridized carbons (Fsp3) is 0.250. The maximum absolute atomic E-state index is 6.19. The molecule has 0 saturated heterocycles. The molecule has 0 unspecified atom stereocenters. The number of halogens is 2. The average molecular weight is 464 g/mol. The average Bonchev–Trinajstić information content (AvgIpc) is 3.32. The molecule has 150 valence electrons. The van der Waals surface area contributed by atoms with Crippen molar-refractivity contribution in [2.45, 2.75) is 30.2 Å². The molecule has 0 radical (unpaired) electrons. The molecule has 29 heavy (non-hydrogen) atoms. The first kappa shape index (κ1) is 20.5. The zero-order chi connectivity index (χ0) is 20.7. The second-order valence-corrected chi connectivity index (χ2v) is 10.6. The van der Waals surface area contributed by atoms with Gasteiger partial charge in [0.1, 0.15) is 5.69 Å². The minimum Gasteiger partial charge on any atom is -0.275 e. The fourth-order valence-electron chi connectivity index (χ4n) is 2.96. The predicted octanol–water partition coefficient (Wildman–Crippen LogP) is 6.51. The van der Waals surface area contributed by atoms with Gasteiger partial charge in [0.25, 0.3) is 0 Å². The standard InChI is InChI=1S/C20H19Cl2N5S2/c1-11(2)28-19-18(14-8-23-26(4)9-14)24-20(29-19)27-10-17(12(3)25-27)13-5-15(21)7-16(22)6-13/h5-11H,1-4H3. The fourth-order valence-corrected chi connectivity index (χ4v) is 5.94. The van der Waals surface area contributed by atoms with E-state index in [-0.39, 0.29) is 0 Å². The third-order valence-corrected chi connectivity index (χ3v) is 6.87. The van der Waals surface area contributed by atoms with E-state index in [1.807, 2.05) is 49.4 Å². The molecule has 0 saturated carbocycles. The van der Waals surface area contributed by atoms with Crippen LogP contribution < -0.4 is 0 Å². The van der Waals surface area contributed by atoms with Gasteiger partial charge < -0.3 is 0 Å². The van der Waals surface area contributed by atoms with E-state index in [0.29, 0.717) is 15.3 Å². The van der Waals surface area contributed by atoms with Crippen LogP contribution in [0.4, 0.5) is 0 Å². The van der Waals surface area contributed by atoms with Crippen molar-refractivity contribution in [3.63, 3.8) is 0 Å². The van der Waals surface area contributed by atoms with E-state index in [2.05, 4.69) is 18.9 Å². The molecule has 0 atom stereocenters. The molecule has 0 spiro atoms. The molecule has 0 amide bonds. The van der Waals surface area contributed by atoms with Gasteiger partial charge in [0, 0.05) is 45.9 Å². The quantitative estimate of drug-likeness (QED) is 0.316. The zero-order valence-corrected chi connectivity index (χ0v) is 19.5. The maximum Gasteiger partial charge on any atom is 0.211 e. The number of thioether (sulfide) groups is 1. The molecule has 1 aromatic carbocycles. The third kappa shape index (κ3) is 4.38. The Kier molecular flexibility index (Phi) is 5.75. The van der Waals surface area contributed by atoms with E-state index in [9.17, 15) is 0 Å². The summed E-state index contributed by atoms with van der Waals surface area (Å²) < 4.78 is 4.77. The molecule has 3 aromatic heterocycles. The van der Waals surface area contributed by atoms with Crippen LogP contribution in [0.2, 0.25) is 10.0 Å². The minimum atomic E-state index is 0.447. The van der Waals surface area contributed by atoms with Gasteiger partial charge in [-0.15, -0.1) is 11.8 Å². The first-order valence-corrected chi connectivity index (χ1v) is 11.4. The lowest BCUT2D eigenvalue weighted by atomic mass is 10.1. The van der Waals surface area contributed by atoms with Crippen molar-refractivity contribution in [1.82, 2.24) is 24.5 Å². The topological polar surface area (TPSA) is 48.5 Å². The van der Waals surface area contributed by atoms with Gasteiger partial charge in [0.05, 0.1) is 16.1 Å². The van der Waals surface area contributed by atoms with Crippen LogP contribution in [-0.4, -0.2) is 29.8 Å². The molecule has 0 aliphatic carbocycles. The molecule has 5 nitrogen and oxygen atoms in total. The summed E-state index contributed by atoms with van der Waals surface area (Å²) in [6.07, 6.45) is 5.81. The summed E-state index contributed by atoms with van der Waals surface area (Å²) in [7, 11) is 1.91. The zero-order valence-electron chi connectivity index (χ0n) is 16.3. The van der Waals surface area contributed by atoms with Gasteiger partial charge in [0.15, 0.2) is 0 Å². The summed E-state index contributed by atoms with van der Waals surface area (Å²) in [5.41, 5.74) is 4.75. The molecule has 0 N–H and O–H groups in total. The van der Waals surface area contributed by atoms with E-state index in [0.717, 1.165) is 37.4 Å². The lowest BCUT2D eigenvalue weighted by Gasteiger charge is -2.02. The summed E-state index contributed by atoms with van der Waals surface area (Å²) in [5.74, 6) is 0. The Bertz CT molecular complexity index is 1160. The highest BCUT2D eigenvalue weighted by atomic mass is 35.5. The number of hydrogen-bond acceptors (Lipinski definition) is 5. The highest BCUT2D eigenvalue weighted by Crippen LogP contribution is 2.40. The van der Waals surface area contributed by atoms with Crippen LogP contribution in [0.5, 0.6) is 0 Å². The first-order chi connectivity index (χ1) is 13.8. The van der Waals surface area contributed by atoms with E-state index >= 15 is 0 Å². The van der Waals surface area contributed by atoms with Crippen LogP contribution in [0.3, 0.4) is 0 Å². The monoisotopic (exact) mass is 463 g/mol. The molecule has 0 aliphatic heterocycles. The van der Waals surface area contributed by atoms with Gasteiger partial charge in [0.2, 0.25) is 5.13 Å². The second-order valence-electron chi connectivity index (χ2n) is 6.93. The van der Waals surface area contributed by atoms with Gasteiger partial charge in [-0.3, -0.25) is 4.68 Å². The summed E-state index contributed by atoms with van der Waals surface area (Å²) in [5, 5.41) is 11.5. The normalized spacial score (nSPS) is 11.6. The van der Waals surface area contributed by atoms with E-state index in [1.54, 1.807) is 33.8 Å². The van der Waals surface area contributed by atoms with Crippen LogP contribution in [0.25, 0.3) is 27.5 Å². The van der Waals surface area contributed by atoms with E-state index in [4.69, 9.17) is 33.3 Å². The Morgan fingerprint density at radius 2 is 1.79 bits per heavy atom. The van der Waals surface area contributed by atoms with Gasteiger partial charge in [-0.05, 0) is 30.7 Å². The van der Waals surface area contributed by atoms with Crippen molar-refractivity contribution in [3.8, 4) is 27.5 Å². The molecule has 4 aromatic rings. The molecule has 0 fully saturated rings. The maximum atomic E-state index is 6.19. The Balaban J connectivity index is 1.78. The number of thiazole rings is 1.